The molecule has 2 amide bonds. The zero-order valence-electron chi connectivity index (χ0n) is 15.1. The number of rotatable bonds is 4. The molecule has 2 aromatic carbocycles. The number of carbonyl (C=O) groups excluding carboxylic acids is 1. The second-order valence-corrected chi connectivity index (χ2v) is 6.81. The summed E-state index contributed by atoms with van der Waals surface area (Å²) >= 11 is 0. The molecule has 25 heavy (non-hydrogen) atoms. The summed E-state index contributed by atoms with van der Waals surface area (Å²) in [5.41, 5.74) is 4.03. The largest absolute Gasteiger partial charge is 0.372 e. The van der Waals surface area contributed by atoms with Crippen molar-refractivity contribution in [3.8, 4) is 0 Å². The van der Waals surface area contributed by atoms with E-state index in [1.165, 1.54) is 18.5 Å². The summed E-state index contributed by atoms with van der Waals surface area (Å²) in [5, 5.41) is 5.84. The molecule has 1 aliphatic rings. The molecule has 4 heteroatoms. The Morgan fingerprint density at radius 2 is 1.72 bits per heavy atom. The standard InChI is InChI=1S/C21H27N3O/c1-3-17-6-4-5-7-20(17)23-21(25)22-18-8-10-19(11-9-18)24-14-12-16(2)13-15-24/h4-11,16H,3,12-15H2,1-2H3,(H2,22,23,25). The molecule has 1 heterocycles. The van der Waals surface area contributed by atoms with E-state index in [0.717, 1.165) is 42.4 Å². The Labute approximate surface area is 150 Å². The minimum atomic E-state index is -0.208. The van der Waals surface area contributed by atoms with Crippen molar-refractivity contribution < 1.29 is 4.79 Å². The summed E-state index contributed by atoms with van der Waals surface area (Å²) in [5.74, 6) is 0.826. The minimum absolute atomic E-state index is 0.208. The van der Waals surface area contributed by atoms with Crippen molar-refractivity contribution in [1.82, 2.24) is 0 Å². The van der Waals surface area contributed by atoms with Crippen LogP contribution < -0.4 is 15.5 Å². The maximum Gasteiger partial charge on any atom is 0.323 e. The van der Waals surface area contributed by atoms with E-state index in [0.29, 0.717) is 0 Å². The number of anilines is 3. The number of urea groups is 1. The Morgan fingerprint density at radius 3 is 2.40 bits per heavy atom. The van der Waals surface area contributed by atoms with Crippen molar-refractivity contribution >= 4 is 23.1 Å². The Bertz CT molecular complexity index is 703. The van der Waals surface area contributed by atoms with Gasteiger partial charge in [0.15, 0.2) is 0 Å². The molecule has 0 aliphatic carbocycles. The van der Waals surface area contributed by atoms with Gasteiger partial charge < -0.3 is 15.5 Å². The predicted octanol–water partition coefficient (Wildman–Crippen LogP) is 5.13. The lowest BCUT2D eigenvalue weighted by Crippen LogP contribution is -2.32. The van der Waals surface area contributed by atoms with E-state index >= 15 is 0 Å². The van der Waals surface area contributed by atoms with Crippen molar-refractivity contribution in [3.63, 3.8) is 0 Å². The highest BCUT2D eigenvalue weighted by Crippen LogP contribution is 2.24. The average molecular weight is 337 g/mol. The van der Waals surface area contributed by atoms with Crippen LogP contribution in [0, 0.1) is 5.92 Å². The highest BCUT2D eigenvalue weighted by molar-refractivity contribution is 6.00. The van der Waals surface area contributed by atoms with E-state index in [9.17, 15) is 4.79 Å². The smallest absolute Gasteiger partial charge is 0.323 e. The normalized spacial score (nSPS) is 15.0. The van der Waals surface area contributed by atoms with E-state index in [4.69, 9.17) is 0 Å². The fourth-order valence-electron chi connectivity index (χ4n) is 3.26. The van der Waals surface area contributed by atoms with Gasteiger partial charge in [-0.05, 0) is 61.1 Å². The topological polar surface area (TPSA) is 44.4 Å². The number of carbonyl (C=O) groups is 1. The number of piperidine rings is 1. The molecule has 2 N–H and O–H groups in total. The number of amides is 2. The molecule has 0 radical (unpaired) electrons. The Hall–Kier alpha value is -2.49. The third kappa shape index (κ3) is 4.53. The predicted molar refractivity (Wildman–Crippen MR) is 106 cm³/mol. The average Bonchev–Trinajstić information content (AvgIpc) is 2.63. The van der Waals surface area contributed by atoms with Crippen molar-refractivity contribution in [2.24, 2.45) is 5.92 Å². The van der Waals surface area contributed by atoms with Crippen LogP contribution in [0.15, 0.2) is 48.5 Å². The fourth-order valence-corrected chi connectivity index (χ4v) is 3.26. The number of benzene rings is 2. The number of aryl methyl sites for hydroxylation is 1. The molecular formula is C21H27N3O. The summed E-state index contributed by atoms with van der Waals surface area (Å²) in [6.45, 7) is 6.63. The molecule has 0 spiro atoms. The van der Waals surface area contributed by atoms with Crippen LogP contribution in [0.3, 0.4) is 0 Å². The molecule has 0 bridgehead atoms. The zero-order valence-corrected chi connectivity index (χ0v) is 15.1. The molecule has 0 unspecified atom stereocenters. The molecule has 0 atom stereocenters. The number of para-hydroxylation sites is 1. The minimum Gasteiger partial charge on any atom is -0.372 e. The van der Waals surface area contributed by atoms with Gasteiger partial charge in [0.05, 0.1) is 0 Å². The lowest BCUT2D eigenvalue weighted by atomic mass is 9.99. The van der Waals surface area contributed by atoms with Gasteiger partial charge in [-0.25, -0.2) is 4.79 Å². The Balaban J connectivity index is 1.58. The highest BCUT2D eigenvalue weighted by Gasteiger charge is 2.16. The number of nitrogens with one attached hydrogen (secondary N) is 2. The maximum absolute atomic E-state index is 12.2. The van der Waals surface area contributed by atoms with Crippen LogP contribution in [0.5, 0.6) is 0 Å². The van der Waals surface area contributed by atoms with E-state index in [1.807, 2.05) is 36.4 Å². The van der Waals surface area contributed by atoms with Gasteiger partial charge in [-0.3, -0.25) is 0 Å². The maximum atomic E-state index is 12.2. The lowest BCUT2D eigenvalue weighted by Gasteiger charge is -2.32. The van der Waals surface area contributed by atoms with Gasteiger partial charge in [0.2, 0.25) is 0 Å². The van der Waals surface area contributed by atoms with Crippen LogP contribution >= 0.6 is 0 Å². The highest BCUT2D eigenvalue weighted by atomic mass is 16.2. The molecular weight excluding hydrogens is 310 g/mol. The first-order valence-electron chi connectivity index (χ1n) is 9.16. The number of nitrogens with zero attached hydrogens (tertiary/aromatic N) is 1. The third-order valence-electron chi connectivity index (χ3n) is 4.92. The van der Waals surface area contributed by atoms with Crippen LogP contribution in [-0.2, 0) is 6.42 Å². The monoisotopic (exact) mass is 337 g/mol. The molecule has 1 aliphatic heterocycles. The van der Waals surface area contributed by atoms with Crippen molar-refractivity contribution in [3.05, 3.63) is 54.1 Å². The van der Waals surface area contributed by atoms with Crippen LogP contribution in [0.2, 0.25) is 0 Å². The Morgan fingerprint density at radius 1 is 1.04 bits per heavy atom. The molecule has 0 aromatic heterocycles. The third-order valence-corrected chi connectivity index (χ3v) is 4.92. The van der Waals surface area contributed by atoms with Gasteiger partial charge in [-0.15, -0.1) is 0 Å². The molecule has 1 fully saturated rings. The lowest BCUT2D eigenvalue weighted by molar-refractivity contribution is 0.262. The first kappa shape index (κ1) is 17.3. The first-order valence-corrected chi connectivity index (χ1v) is 9.16. The summed E-state index contributed by atoms with van der Waals surface area (Å²) in [6.07, 6.45) is 3.39. The SMILES string of the molecule is CCc1ccccc1NC(=O)Nc1ccc(N2CCC(C)CC2)cc1. The summed E-state index contributed by atoms with van der Waals surface area (Å²) in [6, 6.07) is 15.8. The van der Waals surface area contributed by atoms with E-state index in [2.05, 4.69) is 41.5 Å². The molecule has 2 aromatic rings. The van der Waals surface area contributed by atoms with Gasteiger partial charge >= 0.3 is 6.03 Å². The van der Waals surface area contributed by atoms with Crippen LogP contribution in [0.25, 0.3) is 0 Å². The number of hydrogen-bond donors (Lipinski definition) is 2. The van der Waals surface area contributed by atoms with Gasteiger partial charge in [0, 0.05) is 30.2 Å². The zero-order chi connectivity index (χ0) is 17.6. The van der Waals surface area contributed by atoms with Gasteiger partial charge in [-0.2, -0.15) is 0 Å². The van der Waals surface area contributed by atoms with Crippen LogP contribution in [0.4, 0.5) is 21.9 Å². The molecule has 0 saturated carbocycles. The van der Waals surface area contributed by atoms with E-state index in [-0.39, 0.29) is 6.03 Å². The fraction of sp³-hybridized carbons (Fsp3) is 0.381. The van der Waals surface area contributed by atoms with Crippen LogP contribution in [-0.4, -0.2) is 19.1 Å². The van der Waals surface area contributed by atoms with Gasteiger partial charge in [-0.1, -0.05) is 32.0 Å². The first-order chi connectivity index (χ1) is 12.2. The van der Waals surface area contributed by atoms with Crippen molar-refractivity contribution in [1.29, 1.82) is 0 Å². The quantitative estimate of drug-likeness (QED) is 0.812. The molecule has 4 nitrogen and oxygen atoms in total. The molecule has 1 saturated heterocycles. The molecule has 132 valence electrons. The van der Waals surface area contributed by atoms with Gasteiger partial charge in [0.25, 0.3) is 0 Å². The van der Waals surface area contributed by atoms with Crippen molar-refractivity contribution in [2.75, 3.05) is 28.6 Å². The second-order valence-electron chi connectivity index (χ2n) is 6.81. The van der Waals surface area contributed by atoms with Gasteiger partial charge in [0.1, 0.15) is 0 Å². The Kier molecular flexibility index (Phi) is 5.59. The second kappa shape index (κ2) is 8.06. The summed E-state index contributed by atoms with van der Waals surface area (Å²) in [7, 11) is 0. The van der Waals surface area contributed by atoms with E-state index in [1.54, 1.807) is 0 Å². The van der Waals surface area contributed by atoms with Crippen LogP contribution in [0.1, 0.15) is 32.3 Å². The van der Waals surface area contributed by atoms with E-state index < -0.39 is 0 Å². The summed E-state index contributed by atoms with van der Waals surface area (Å²) < 4.78 is 0. The molecule has 3 rings (SSSR count). The van der Waals surface area contributed by atoms with Crippen molar-refractivity contribution in [2.45, 2.75) is 33.1 Å². The number of hydrogen-bond acceptors (Lipinski definition) is 2. The summed E-state index contributed by atoms with van der Waals surface area (Å²) in [4.78, 5) is 14.7.